The van der Waals surface area contributed by atoms with E-state index in [1.165, 1.54) is 42.7 Å². The van der Waals surface area contributed by atoms with Gasteiger partial charge in [-0.05, 0) is 42.7 Å². The molecule has 8 nitrogen and oxygen atoms in total. The predicted octanol–water partition coefficient (Wildman–Crippen LogP) is 4.85. The van der Waals surface area contributed by atoms with E-state index in [1.807, 2.05) is 6.07 Å². The fourth-order valence-electron chi connectivity index (χ4n) is 3.03. The minimum absolute atomic E-state index is 0.159. The number of ether oxygens (including phenoxy) is 1. The first kappa shape index (κ1) is 23.6. The first-order valence-corrected chi connectivity index (χ1v) is 11.8. The first-order chi connectivity index (χ1) is 15.4. The normalized spacial score (nSPS) is 10.5. The summed E-state index contributed by atoms with van der Waals surface area (Å²) in [6.45, 7) is 5.59. The van der Waals surface area contributed by atoms with Crippen molar-refractivity contribution in [3.63, 3.8) is 0 Å². The zero-order valence-electron chi connectivity index (χ0n) is 18.3. The molecule has 0 radical (unpaired) electrons. The first-order valence-electron chi connectivity index (χ1n) is 9.97. The molecule has 0 fully saturated rings. The maximum atomic E-state index is 12.5. The van der Waals surface area contributed by atoms with Crippen molar-refractivity contribution in [2.45, 2.75) is 31.5 Å². The highest BCUT2D eigenvalue weighted by molar-refractivity contribution is 8.01. The molecular formula is C22H25N5O3S2. The minimum Gasteiger partial charge on any atom is -0.495 e. The summed E-state index contributed by atoms with van der Waals surface area (Å²) in [5.74, 6) is 0.252. The predicted molar refractivity (Wildman–Crippen MR) is 130 cm³/mol. The van der Waals surface area contributed by atoms with Crippen molar-refractivity contribution in [1.82, 2.24) is 10.2 Å². The topological polar surface area (TPSA) is 105 Å². The van der Waals surface area contributed by atoms with Gasteiger partial charge in [0.05, 0.1) is 18.6 Å². The van der Waals surface area contributed by atoms with Gasteiger partial charge in [0, 0.05) is 18.3 Å². The fourth-order valence-corrected chi connectivity index (χ4v) is 4.58. The van der Waals surface area contributed by atoms with Crippen LogP contribution in [0.25, 0.3) is 0 Å². The molecule has 0 spiro atoms. The summed E-state index contributed by atoms with van der Waals surface area (Å²) in [4.78, 5) is 23.8. The van der Waals surface area contributed by atoms with Crippen LogP contribution in [0.2, 0.25) is 0 Å². The molecule has 10 heteroatoms. The number of benzene rings is 2. The minimum atomic E-state index is -0.217. The molecule has 1 aromatic heterocycles. The van der Waals surface area contributed by atoms with Crippen LogP contribution in [-0.2, 0) is 16.0 Å². The number of hydrogen-bond donors (Lipinski definition) is 3. The number of aryl methyl sites for hydroxylation is 2. The van der Waals surface area contributed by atoms with Crippen molar-refractivity contribution in [2.75, 3.05) is 28.8 Å². The number of nitrogens with zero attached hydrogens (tertiary/aromatic N) is 2. The van der Waals surface area contributed by atoms with E-state index < -0.39 is 0 Å². The second kappa shape index (κ2) is 11.0. The summed E-state index contributed by atoms with van der Waals surface area (Å²) < 4.78 is 5.98. The van der Waals surface area contributed by atoms with Crippen LogP contribution in [0.4, 0.5) is 22.2 Å². The zero-order chi connectivity index (χ0) is 23.1. The van der Waals surface area contributed by atoms with E-state index in [0.717, 1.165) is 17.7 Å². The number of rotatable bonds is 9. The van der Waals surface area contributed by atoms with E-state index in [0.29, 0.717) is 26.6 Å². The number of hydrogen-bond acceptors (Lipinski definition) is 8. The quantitative estimate of drug-likeness (QED) is 0.383. The Morgan fingerprint density at radius 1 is 1.16 bits per heavy atom. The lowest BCUT2D eigenvalue weighted by Gasteiger charge is -2.12. The van der Waals surface area contributed by atoms with Crippen molar-refractivity contribution in [3.8, 4) is 5.75 Å². The average molecular weight is 472 g/mol. The number of thioether (sulfide) groups is 1. The molecule has 3 aromatic rings. The highest BCUT2D eigenvalue weighted by Crippen LogP contribution is 2.32. The molecule has 32 heavy (non-hydrogen) atoms. The number of amides is 2. The number of carbonyl (C=O) groups excluding carboxylic acids is 2. The molecule has 168 valence electrons. The number of nitrogens with one attached hydrogen (secondary N) is 3. The van der Waals surface area contributed by atoms with Crippen LogP contribution in [0.5, 0.6) is 5.75 Å². The third kappa shape index (κ3) is 6.21. The fraction of sp³-hybridized carbons (Fsp3) is 0.273. The van der Waals surface area contributed by atoms with Gasteiger partial charge in [-0.15, -0.1) is 10.2 Å². The van der Waals surface area contributed by atoms with Gasteiger partial charge < -0.3 is 20.7 Å². The zero-order valence-corrected chi connectivity index (χ0v) is 19.9. The summed E-state index contributed by atoms with van der Waals surface area (Å²) in [6, 6.07) is 11.2. The molecule has 0 aliphatic rings. The van der Waals surface area contributed by atoms with Crippen molar-refractivity contribution in [1.29, 1.82) is 0 Å². The highest BCUT2D eigenvalue weighted by atomic mass is 32.2. The van der Waals surface area contributed by atoms with E-state index in [-0.39, 0.29) is 17.6 Å². The molecule has 2 amide bonds. The van der Waals surface area contributed by atoms with Crippen LogP contribution in [0.1, 0.15) is 25.0 Å². The number of para-hydroxylation sites is 1. The van der Waals surface area contributed by atoms with Gasteiger partial charge >= 0.3 is 0 Å². The number of aromatic nitrogens is 2. The Balaban J connectivity index is 1.61. The lowest BCUT2D eigenvalue weighted by atomic mass is 10.1. The molecule has 0 saturated heterocycles. The molecule has 1 heterocycles. The Morgan fingerprint density at radius 3 is 2.69 bits per heavy atom. The Bertz CT molecular complexity index is 1120. The Morgan fingerprint density at radius 2 is 1.97 bits per heavy atom. The van der Waals surface area contributed by atoms with E-state index in [9.17, 15) is 9.59 Å². The van der Waals surface area contributed by atoms with Crippen molar-refractivity contribution in [3.05, 3.63) is 47.5 Å². The second-order valence-electron chi connectivity index (χ2n) is 6.89. The molecule has 0 atom stereocenters. The van der Waals surface area contributed by atoms with Crippen LogP contribution >= 0.6 is 23.1 Å². The van der Waals surface area contributed by atoms with Gasteiger partial charge in [0.2, 0.25) is 16.9 Å². The highest BCUT2D eigenvalue weighted by Gasteiger charge is 2.13. The molecule has 3 rings (SSSR count). The van der Waals surface area contributed by atoms with Crippen LogP contribution < -0.4 is 20.7 Å². The summed E-state index contributed by atoms with van der Waals surface area (Å²) in [5, 5.41) is 17.9. The Hall–Kier alpha value is -3.11. The van der Waals surface area contributed by atoms with Gasteiger partial charge in [-0.1, -0.05) is 48.2 Å². The van der Waals surface area contributed by atoms with Crippen molar-refractivity contribution >= 4 is 57.1 Å². The van der Waals surface area contributed by atoms with E-state index in [2.05, 4.69) is 52.1 Å². The maximum absolute atomic E-state index is 12.5. The van der Waals surface area contributed by atoms with Crippen LogP contribution in [0, 0.1) is 6.92 Å². The van der Waals surface area contributed by atoms with Gasteiger partial charge in [-0.2, -0.15) is 0 Å². The Kier molecular flexibility index (Phi) is 8.07. The molecular weight excluding hydrogens is 446 g/mol. The molecule has 0 saturated carbocycles. The van der Waals surface area contributed by atoms with E-state index >= 15 is 0 Å². The number of carbonyl (C=O) groups is 2. The molecule has 0 aliphatic heterocycles. The maximum Gasteiger partial charge on any atom is 0.234 e. The third-order valence-electron chi connectivity index (χ3n) is 4.50. The number of methoxy groups -OCH3 is 1. The van der Waals surface area contributed by atoms with E-state index in [4.69, 9.17) is 4.74 Å². The van der Waals surface area contributed by atoms with Gasteiger partial charge in [-0.25, -0.2) is 0 Å². The van der Waals surface area contributed by atoms with Crippen molar-refractivity contribution < 1.29 is 14.3 Å². The van der Waals surface area contributed by atoms with Crippen molar-refractivity contribution in [2.24, 2.45) is 0 Å². The lowest BCUT2D eigenvalue weighted by Crippen LogP contribution is -2.15. The number of anilines is 4. The standard InChI is InChI=1S/C22H25N5O3S2/c1-5-15-8-6-7-13(2)20(15)25-21-26-27-22(32-21)31-12-19(29)24-17-11-16(23-14(3)28)9-10-18(17)30-4/h6-11H,5,12H2,1-4H3,(H,23,28)(H,24,29)(H,25,26). The Labute approximate surface area is 195 Å². The largest absolute Gasteiger partial charge is 0.495 e. The lowest BCUT2D eigenvalue weighted by molar-refractivity contribution is -0.114. The van der Waals surface area contributed by atoms with Crippen LogP contribution in [-0.4, -0.2) is 34.9 Å². The van der Waals surface area contributed by atoms with E-state index in [1.54, 1.807) is 18.2 Å². The molecule has 0 aliphatic carbocycles. The summed E-state index contributed by atoms with van der Waals surface area (Å²) in [5.41, 5.74) is 4.46. The van der Waals surface area contributed by atoms with Crippen LogP contribution in [0.15, 0.2) is 40.7 Å². The summed E-state index contributed by atoms with van der Waals surface area (Å²) in [7, 11) is 1.52. The van der Waals surface area contributed by atoms with Gasteiger partial charge in [-0.3, -0.25) is 9.59 Å². The van der Waals surface area contributed by atoms with Gasteiger partial charge in [0.15, 0.2) is 4.34 Å². The second-order valence-corrected chi connectivity index (χ2v) is 9.09. The average Bonchev–Trinajstić information content (AvgIpc) is 3.21. The van der Waals surface area contributed by atoms with Crippen LogP contribution in [0.3, 0.4) is 0 Å². The molecule has 0 bridgehead atoms. The summed E-state index contributed by atoms with van der Waals surface area (Å²) >= 11 is 2.70. The van der Waals surface area contributed by atoms with Gasteiger partial charge in [0.25, 0.3) is 0 Å². The summed E-state index contributed by atoms with van der Waals surface area (Å²) in [6.07, 6.45) is 0.914. The molecule has 0 unspecified atom stereocenters. The van der Waals surface area contributed by atoms with Gasteiger partial charge in [0.1, 0.15) is 5.75 Å². The monoisotopic (exact) mass is 471 g/mol. The third-order valence-corrected chi connectivity index (χ3v) is 6.47. The SMILES string of the molecule is CCc1cccc(C)c1Nc1nnc(SCC(=O)Nc2cc(NC(C)=O)ccc2OC)s1. The molecule has 2 aromatic carbocycles. The smallest absolute Gasteiger partial charge is 0.234 e. The molecule has 3 N–H and O–H groups in total.